The molecule has 2 heterocycles. The van der Waals surface area contributed by atoms with Gasteiger partial charge >= 0.3 is 14.0 Å². The molecular weight excluding hydrogens is 503 g/mol. The molecule has 1 aromatic heterocycles. The summed E-state index contributed by atoms with van der Waals surface area (Å²) in [5.74, 6) is -6.30. The standard InChI is InChI=1S/C16H15F6N4O5P.H3N.H2O/c17-10-6-12(19)11(18)4-8(10)3-9(31-32(28,29)30)5-14(27)25-1-2-26-13(7-25)23-24-15(26)16(20,21)22;;/h4,6,9H,1-3,5,7H2,(H2,28,29,30);1H3;1H2/t9-;;/m1../s1. The van der Waals surface area contributed by atoms with Gasteiger partial charge < -0.3 is 30.9 Å². The number of phosphoric acid groups is 1. The predicted octanol–water partition coefficient (Wildman–Crippen LogP) is 1.50. The van der Waals surface area contributed by atoms with Crippen molar-refractivity contribution in [1.29, 1.82) is 0 Å². The fourth-order valence-electron chi connectivity index (χ4n) is 3.21. The number of amides is 1. The highest BCUT2D eigenvalue weighted by Crippen LogP contribution is 2.39. The van der Waals surface area contributed by atoms with Crippen LogP contribution >= 0.6 is 7.82 Å². The Morgan fingerprint density at radius 2 is 1.74 bits per heavy atom. The number of benzene rings is 1. The van der Waals surface area contributed by atoms with Crippen molar-refractivity contribution in [2.75, 3.05) is 6.54 Å². The molecule has 0 radical (unpaired) electrons. The van der Waals surface area contributed by atoms with Gasteiger partial charge in [-0.05, 0) is 11.6 Å². The van der Waals surface area contributed by atoms with Gasteiger partial charge in [0.1, 0.15) is 5.82 Å². The zero-order chi connectivity index (χ0) is 23.8. The van der Waals surface area contributed by atoms with Crippen molar-refractivity contribution in [3.8, 4) is 0 Å². The summed E-state index contributed by atoms with van der Waals surface area (Å²) >= 11 is 0. The Kier molecular flexibility index (Phi) is 9.36. The fourth-order valence-corrected chi connectivity index (χ4v) is 3.75. The van der Waals surface area contributed by atoms with Crippen molar-refractivity contribution in [3.63, 3.8) is 0 Å². The van der Waals surface area contributed by atoms with E-state index >= 15 is 0 Å². The zero-order valence-corrected chi connectivity index (χ0v) is 18.0. The summed E-state index contributed by atoms with van der Waals surface area (Å²) in [6.45, 7) is -0.857. The van der Waals surface area contributed by atoms with E-state index in [0.29, 0.717) is 6.07 Å². The molecule has 2 aromatic rings. The maximum atomic E-state index is 13.9. The lowest BCUT2D eigenvalue weighted by Gasteiger charge is -2.29. The highest BCUT2D eigenvalue weighted by Gasteiger charge is 2.40. The van der Waals surface area contributed by atoms with Crippen LogP contribution in [0.25, 0.3) is 0 Å². The number of fused-ring (bicyclic) bond motifs is 1. The van der Waals surface area contributed by atoms with Crippen LogP contribution in [-0.4, -0.2) is 53.5 Å². The first-order valence-electron chi connectivity index (χ1n) is 8.89. The maximum Gasteiger partial charge on any atom is 0.469 e. The monoisotopic (exact) mass is 523 g/mol. The molecular formula is C16H20F6N5O6P. The third-order valence-electron chi connectivity index (χ3n) is 4.59. The third kappa shape index (κ3) is 6.97. The van der Waals surface area contributed by atoms with Gasteiger partial charge in [-0.2, -0.15) is 13.2 Å². The lowest BCUT2D eigenvalue weighted by atomic mass is 10.0. The van der Waals surface area contributed by atoms with E-state index < -0.39 is 67.7 Å². The highest BCUT2D eigenvalue weighted by molar-refractivity contribution is 7.46. The van der Waals surface area contributed by atoms with Crippen LogP contribution < -0.4 is 6.15 Å². The summed E-state index contributed by atoms with van der Waals surface area (Å²) in [5.41, 5.74) is -0.497. The second-order valence-electron chi connectivity index (χ2n) is 6.89. The number of halogens is 6. The minimum atomic E-state index is -5.17. The summed E-state index contributed by atoms with van der Waals surface area (Å²) in [4.78, 5) is 31.8. The van der Waals surface area contributed by atoms with E-state index in [1.807, 2.05) is 0 Å². The van der Waals surface area contributed by atoms with Gasteiger partial charge in [-0.15, -0.1) is 10.2 Å². The lowest BCUT2D eigenvalue weighted by Crippen LogP contribution is -2.41. The van der Waals surface area contributed by atoms with Gasteiger partial charge in [-0.1, -0.05) is 0 Å². The molecule has 18 heteroatoms. The molecule has 7 N–H and O–H groups in total. The summed E-state index contributed by atoms with van der Waals surface area (Å²) < 4.78 is 95.7. The molecule has 1 amide bonds. The molecule has 11 nitrogen and oxygen atoms in total. The molecule has 0 unspecified atom stereocenters. The van der Waals surface area contributed by atoms with Crippen LogP contribution in [0.1, 0.15) is 23.6 Å². The van der Waals surface area contributed by atoms with E-state index in [1.165, 1.54) is 0 Å². The lowest BCUT2D eigenvalue weighted by molar-refractivity contribution is -0.148. The first-order valence-corrected chi connectivity index (χ1v) is 10.4. The molecule has 1 aliphatic heterocycles. The highest BCUT2D eigenvalue weighted by atomic mass is 31.2. The van der Waals surface area contributed by atoms with Crippen LogP contribution in [0.15, 0.2) is 12.1 Å². The van der Waals surface area contributed by atoms with Crippen LogP contribution in [0.4, 0.5) is 26.3 Å². The van der Waals surface area contributed by atoms with Crippen molar-refractivity contribution in [2.24, 2.45) is 0 Å². The van der Waals surface area contributed by atoms with Crippen molar-refractivity contribution >= 4 is 13.7 Å². The molecule has 192 valence electrons. The van der Waals surface area contributed by atoms with Crippen LogP contribution in [0, 0.1) is 17.5 Å². The molecule has 1 aliphatic rings. The first kappa shape index (κ1) is 29.5. The molecule has 0 fully saturated rings. The molecule has 0 bridgehead atoms. The number of carbonyl (C=O) groups is 1. The summed E-state index contributed by atoms with van der Waals surface area (Å²) in [6.07, 6.45) is -7.81. The minimum Gasteiger partial charge on any atom is -0.412 e. The zero-order valence-electron chi connectivity index (χ0n) is 17.1. The Balaban J connectivity index is 0.00000289. The second kappa shape index (κ2) is 10.8. The Labute approximate surface area is 187 Å². The molecule has 1 aromatic carbocycles. The summed E-state index contributed by atoms with van der Waals surface area (Å²) in [5, 5.41) is 6.48. The van der Waals surface area contributed by atoms with Gasteiger partial charge in [0.2, 0.25) is 11.7 Å². The Morgan fingerprint density at radius 3 is 2.32 bits per heavy atom. The molecule has 0 spiro atoms. The quantitative estimate of drug-likeness (QED) is 0.289. The molecule has 3 rings (SSSR count). The average Bonchev–Trinajstić information content (AvgIpc) is 3.08. The molecule has 34 heavy (non-hydrogen) atoms. The Hall–Kier alpha value is -2.56. The van der Waals surface area contributed by atoms with Crippen molar-refractivity contribution in [1.82, 2.24) is 25.8 Å². The van der Waals surface area contributed by atoms with Crippen molar-refractivity contribution in [3.05, 3.63) is 46.8 Å². The summed E-state index contributed by atoms with van der Waals surface area (Å²) in [7, 11) is -5.17. The van der Waals surface area contributed by atoms with Gasteiger partial charge in [0.05, 0.1) is 19.1 Å². The van der Waals surface area contributed by atoms with E-state index in [0.717, 1.165) is 9.47 Å². The number of phosphoric ester groups is 1. The average molecular weight is 523 g/mol. The van der Waals surface area contributed by atoms with Crippen LogP contribution in [-0.2, 0) is 39.6 Å². The van der Waals surface area contributed by atoms with Crippen LogP contribution in [0.3, 0.4) is 0 Å². The number of aromatic nitrogens is 3. The number of carbonyl (C=O) groups excluding carboxylic acids is 1. The van der Waals surface area contributed by atoms with Gasteiger partial charge in [-0.25, -0.2) is 17.7 Å². The smallest absolute Gasteiger partial charge is 0.412 e. The van der Waals surface area contributed by atoms with Crippen molar-refractivity contribution in [2.45, 2.75) is 38.2 Å². The van der Waals surface area contributed by atoms with E-state index in [9.17, 15) is 35.7 Å². The van der Waals surface area contributed by atoms with E-state index in [-0.39, 0.29) is 43.2 Å². The fraction of sp³-hybridized carbons (Fsp3) is 0.438. The number of rotatable bonds is 6. The second-order valence-corrected chi connectivity index (χ2v) is 8.08. The normalized spacial score (nSPS) is 14.6. The van der Waals surface area contributed by atoms with Gasteiger partial charge in [0, 0.05) is 25.6 Å². The summed E-state index contributed by atoms with van der Waals surface area (Å²) in [6, 6.07) is 0.698. The van der Waals surface area contributed by atoms with Crippen LogP contribution in [0.5, 0.6) is 0 Å². The predicted molar refractivity (Wildman–Crippen MR) is 101 cm³/mol. The van der Waals surface area contributed by atoms with E-state index in [2.05, 4.69) is 14.7 Å². The molecule has 0 aliphatic carbocycles. The first-order chi connectivity index (χ1) is 14.7. The molecule has 0 saturated heterocycles. The van der Waals surface area contributed by atoms with E-state index in [1.54, 1.807) is 0 Å². The number of hydrogen-bond acceptors (Lipinski definition) is 6. The number of nitrogens with zero attached hydrogens (tertiary/aromatic N) is 4. The SMILES string of the molecule is N.O.O=C(C[C@@H](Cc1cc(F)c(F)cc1F)OP(=O)(O)O)N1CCn2c(nnc2C(F)(F)F)C1. The number of alkyl halides is 3. The van der Waals surface area contributed by atoms with Gasteiger partial charge in [0.15, 0.2) is 17.5 Å². The molecule has 1 atom stereocenters. The van der Waals surface area contributed by atoms with Crippen LogP contribution in [0.2, 0.25) is 0 Å². The third-order valence-corrected chi connectivity index (χ3v) is 5.16. The molecule has 0 saturated carbocycles. The van der Waals surface area contributed by atoms with Gasteiger partial charge in [0.25, 0.3) is 0 Å². The van der Waals surface area contributed by atoms with Crippen molar-refractivity contribution < 1.29 is 55.5 Å². The number of hydrogen-bond donors (Lipinski definition) is 3. The van der Waals surface area contributed by atoms with E-state index in [4.69, 9.17) is 9.79 Å². The topological polar surface area (TPSA) is 184 Å². The largest absolute Gasteiger partial charge is 0.469 e. The Morgan fingerprint density at radius 1 is 1.12 bits per heavy atom. The van der Waals surface area contributed by atoms with Gasteiger partial charge in [-0.3, -0.25) is 9.32 Å². The maximum absolute atomic E-state index is 13.9. The minimum absolute atomic E-state index is 0. The Bertz CT molecular complexity index is 1080.